The number of hydrogen-bond donors (Lipinski definition) is 1. The van der Waals surface area contributed by atoms with E-state index in [2.05, 4.69) is 6.07 Å². The highest BCUT2D eigenvalue weighted by Crippen LogP contribution is 2.37. The predicted octanol–water partition coefficient (Wildman–Crippen LogP) is 4.17. The molecule has 0 spiro atoms. The molecule has 0 aromatic heterocycles. The number of nitriles is 1. The second-order valence-electron chi connectivity index (χ2n) is 7.37. The van der Waals surface area contributed by atoms with Crippen molar-refractivity contribution in [3.63, 3.8) is 0 Å². The van der Waals surface area contributed by atoms with Crippen LogP contribution < -0.4 is 14.8 Å². The Kier molecular flexibility index (Phi) is 5.89. The van der Waals surface area contributed by atoms with Gasteiger partial charge in [-0.1, -0.05) is 17.7 Å². The Morgan fingerprint density at radius 3 is 2.38 bits per heavy atom. The van der Waals surface area contributed by atoms with E-state index >= 15 is 0 Å². The molecule has 1 amide bonds. The number of primary sulfonamides is 1. The van der Waals surface area contributed by atoms with Gasteiger partial charge < -0.3 is 9.64 Å². The number of hydrogen-bond acceptors (Lipinski definition) is 5. The van der Waals surface area contributed by atoms with Crippen LogP contribution in [0.4, 0.5) is 5.69 Å². The lowest BCUT2D eigenvalue weighted by molar-refractivity contribution is -0.117. The van der Waals surface area contributed by atoms with Gasteiger partial charge >= 0.3 is 0 Å². The number of carbonyl (C=O) groups is 1. The molecular formula is C23H18ClN3O4S. The summed E-state index contributed by atoms with van der Waals surface area (Å²) >= 11 is 6.30. The highest BCUT2D eigenvalue weighted by molar-refractivity contribution is 7.89. The average molecular weight is 468 g/mol. The van der Waals surface area contributed by atoms with E-state index in [0.29, 0.717) is 40.7 Å². The normalized spacial score (nSPS) is 16.1. The smallest absolute Gasteiger partial charge is 0.238 e. The van der Waals surface area contributed by atoms with Crippen molar-refractivity contribution in [2.45, 2.75) is 17.2 Å². The van der Waals surface area contributed by atoms with Gasteiger partial charge in [0.15, 0.2) is 0 Å². The van der Waals surface area contributed by atoms with E-state index < -0.39 is 10.0 Å². The minimum absolute atomic E-state index is 0.00765. The molecule has 0 unspecified atom stereocenters. The van der Waals surface area contributed by atoms with E-state index in [0.717, 1.165) is 5.56 Å². The molecule has 7 nitrogen and oxygen atoms in total. The van der Waals surface area contributed by atoms with Crippen molar-refractivity contribution < 1.29 is 17.9 Å². The summed E-state index contributed by atoms with van der Waals surface area (Å²) in [6, 6.07) is 20.1. The lowest BCUT2D eigenvalue weighted by Gasteiger charge is -2.18. The summed E-state index contributed by atoms with van der Waals surface area (Å²) < 4.78 is 28.8. The molecule has 1 atom stereocenters. The molecule has 4 rings (SSSR count). The van der Waals surface area contributed by atoms with E-state index in [1.54, 1.807) is 47.4 Å². The van der Waals surface area contributed by atoms with Crippen LogP contribution in [-0.4, -0.2) is 20.9 Å². The van der Waals surface area contributed by atoms with Crippen LogP contribution in [0, 0.1) is 11.3 Å². The Morgan fingerprint density at radius 2 is 1.75 bits per heavy atom. The molecule has 1 saturated heterocycles. The minimum atomic E-state index is -3.79. The van der Waals surface area contributed by atoms with E-state index in [4.69, 9.17) is 26.7 Å². The fourth-order valence-electron chi connectivity index (χ4n) is 3.57. The van der Waals surface area contributed by atoms with Crippen LogP contribution >= 0.6 is 11.6 Å². The van der Waals surface area contributed by atoms with Gasteiger partial charge in [-0.15, -0.1) is 0 Å². The van der Waals surface area contributed by atoms with Crippen molar-refractivity contribution in [2.24, 2.45) is 5.14 Å². The van der Waals surface area contributed by atoms with Gasteiger partial charge in [-0.2, -0.15) is 5.26 Å². The Labute approximate surface area is 190 Å². The Morgan fingerprint density at radius 1 is 1.06 bits per heavy atom. The third-order valence-electron chi connectivity index (χ3n) is 5.24. The predicted molar refractivity (Wildman–Crippen MR) is 120 cm³/mol. The maximum absolute atomic E-state index is 12.6. The Hall–Kier alpha value is -3.38. The van der Waals surface area contributed by atoms with Crippen LogP contribution in [-0.2, 0) is 14.8 Å². The van der Waals surface area contributed by atoms with Crippen molar-refractivity contribution >= 4 is 33.2 Å². The first kappa shape index (κ1) is 21.8. The summed E-state index contributed by atoms with van der Waals surface area (Å²) in [7, 11) is -3.79. The molecule has 3 aromatic carbocycles. The number of anilines is 1. The standard InChI is InChI=1S/C23H18ClN3O4S/c24-21-10-3-16(11-22(21)31-19-6-1-15(13-25)2-7-19)17-12-23(28)27(14-17)18-4-8-20(9-5-18)32(26,29)30/h1-11,17H,12,14H2,(H2,26,29,30)/t17-/m0/s1. The lowest BCUT2D eigenvalue weighted by Crippen LogP contribution is -2.24. The third kappa shape index (κ3) is 4.60. The largest absolute Gasteiger partial charge is 0.456 e. The number of amides is 1. The maximum Gasteiger partial charge on any atom is 0.238 e. The zero-order valence-corrected chi connectivity index (χ0v) is 18.3. The van der Waals surface area contributed by atoms with Gasteiger partial charge in [0.2, 0.25) is 15.9 Å². The first-order valence-electron chi connectivity index (χ1n) is 9.65. The number of nitrogens with two attached hydrogens (primary N) is 1. The number of halogens is 1. The van der Waals surface area contributed by atoms with Gasteiger partial charge in [-0.05, 0) is 66.2 Å². The highest BCUT2D eigenvalue weighted by Gasteiger charge is 2.32. The number of benzene rings is 3. The molecule has 9 heteroatoms. The van der Waals surface area contributed by atoms with Crippen LogP contribution in [0.1, 0.15) is 23.5 Å². The average Bonchev–Trinajstić information content (AvgIpc) is 3.17. The lowest BCUT2D eigenvalue weighted by atomic mass is 9.98. The molecule has 162 valence electrons. The molecule has 1 aliphatic rings. The fourth-order valence-corrected chi connectivity index (χ4v) is 4.24. The van der Waals surface area contributed by atoms with Crippen molar-refractivity contribution in [2.75, 3.05) is 11.4 Å². The zero-order chi connectivity index (χ0) is 22.9. The Bertz CT molecular complexity index is 1320. The molecule has 0 bridgehead atoms. The van der Waals surface area contributed by atoms with Gasteiger partial charge in [0.25, 0.3) is 0 Å². The third-order valence-corrected chi connectivity index (χ3v) is 6.48. The maximum atomic E-state index is 12.6. The molecule has 3 aromatic rings. The molecule has 32 heavy (non-hydrogen) atoms. The van der Waals surface area contributed by atoms with Crippen molar-refractivity contribution in [3.05, 3.63) is 82.9 Å². The summed E-state index contributed by atoms with van der Waals surface area (Å²) in [6.45, 7) is 0.436. The second-order valence-corrected chi connectivity index (χ2v) is 9.34. The SMILES string of the molecule is N#Cc1ccc(Oc2cc([C@H]3CC(=O)N(c4ccc(S(N)(=O)=O)cc4)C3)ccc2Cl)cc1. The van der Waals surface area contributed by atoms with Gasteiger partial charge in [0, 0.05) is 24.6 Å². The molecule has 1 fully saturated rings. The van der Waals surface area contributed by atoms with Crippen LogP contribution in [0.2, 0.25) is 5.02 Å². The summed E-state index contributed by atoms with van der Waals surface area (Å²) in [4.78, 5) is 14.3. The molecule has 0 aliphatic carbocycles. The van der Waals surface area contributed by atoms with Gasteiger partial charge in [0.1, 0.15) is 11.5 Å². The van der Waals surface area contributed by atoms with E-state index in [9.17, 15) is 13.2 Å². The van der Waals surface area contributed by atoms with Crippen LogP contribution in [0.3, 0.4) is 0 Å². The molecular weight excluding hydrogens is 450 g/mol. The van der Waals surface area contributed by atoms with Crippen molar-refractivity contribution in [1.29, 1.82) is 5.26 Å². The highest BCUT2D eigenvalue weighted by atomic mass is 35.5. The number of rotatable bonds is 5. The Balaban J connectivity index is 1.53. The molecule has 0 saturated carbocycles. The molecule has 2 N–H and O–H groups in total. The van der Waals surface area contributed by atoms with Gasteiger partial charge in [0.05, 0.1) is 21.6 Å². The number of sulfonamides is 1. The van der Waals surface area contributed by atoms with Crippen molar-refractivity contribution in [3.8, 4) is 17.6 Å². The summed E-state index contributed by atoms with van der Waals surface area (Å²) in [6.07, 6.45) is 0.300. The number of carbonyl (C=O) groups excluding carboxylic acids is 1. The molecule has 1 heterocycles. The van der Waals surface area contributed by atoms with Gasteiger partial charge in [-0.3, -0.25) is 4.79 Å². The van der Waals surface area contributed by atoms with Crippen molar-refractivity contribution in [1.82, 2.24) is 0 Å². The molecule has 0 radical (unpaired) electrons. The molecule has 1 aliphatic heterocycles. The quantitative estimate of drug-likeness (QED) is 0.604. The van der Waals surface area contributed by atoms with Crippen LogP contribution in [0.25, 0.3) is 0 Å². The zero-order valence-electron chi connectivity index (χ0n) is 16.7. The first-order valence-corrected chi connectivity index (χ1v) is 11.6. The van der Waals surface area contributed by atoms with Gasteiger partial charge in [-0.25, -0.2) is 13.6 Å². The summed E-state index contributed by atoms with van der Waals surface area (Å²) in [5.74, 6) is 0.850. The summed E-state index contributed by atoms with van der Waals surface area (Å²) in [5.41, 5.74) is 2.03. The second kappa shape index (κ2) is 8.63. The first-order chi connectivity index (χ1) is 15.2. The minimum Gasteiger partial charge on any atom is -0.456 e. The topological polar surface area (TPSA) is 113 Å². The number of nitrogens with zero attached hydrogens (tertiary/aromatic N) is 2. The van der Waals surface area contributed by atoms with Crippen LogP contribution in [0.15, 0.2) is 71.6 Å². The summed E-state index contributed by atoms with van der Waals surface area (Å²) in [5, 5.41) is 14.5. The van der Waals surface area contributed by atoms with E-state index in [1.807, 2.05) is 12.1 Å². The monoisotopic (exact) mass is 467 g/mol. The van der Waals surface area contributed by atoms with E-state index in [1.165, 1.54) is 12.1 Å². The number of ether oxygens (including phenoxy) is 1. The van der Waals surface area contributed by atoms with Crippen LogP contribution in [0.5, 0.6) is 11.5 Å². The fraction of sp³-hybridized carbons (Fsp3) is 0.130. The van der Waals surface area contributed by atoms with E-state index in [-0.39, 0.29) is 16.7 Å².